The fourth-order valence-corrected chi connectivity index (χ4v) is 3.87. The third kappa shape index (κ3) is 9.33. The number of halogens is 12. The first-order valence-corrected chi connectivity index (χ1v) is 11.3. The SMILES string of the molecule is C[C@H](CC(=O)CC(F)(F)F)CC(=O)c1ccc(/C(F)=C/C(c2ccc(F)c(Cl)c2)C(F)(F)F)cc1C(F)(F)F. The van der Waals surface area contributed by atoms with E-state index in [0.29, 0.717) is 30.3 Å². The molecule has 0 radical (unpaired) electrons. The molecule has 0 aromatic heterocycles. The van der Waals surface area contributed by atoms with Crippen LogP contribution in [0.15, 0.2) is 42.5 Å². The molecule has 0 fully saturated rings. The van der Waals surface area contributed by atoms with Crippen LogP contribution >= 0.6 is 11.6 Å². The first kappa shape index (κ1) is 32.3. The van der Waals surface area contributed by atoms with Gasteiger partial charge < -0.3 is 0 Å². The lowest BCUT2D eigenvalue weighted by Gasteiger charge is -2.19. The van der Waals surface area contributed by atoms with E-state index in [0.717, 1.165) is 0 Å². The maximum atomic E-state index is 14.8. The number of carbonyl (C=O) groups is 2. The molecule has 2 nitrogen and oxygen atoms in total. The van der Waals surface area contributed by atoms with Crippen LogP contribution in [0.3, 0.4) is 0 Å². The minimum atomic E-state index is -5.27. The van der Waals surface area contributed by atoms with Crippen LogP contribution in [0.5, 0.6) is 0 Å². The molecule has 0 aliphatic rings. The smallest absolute Gasteiger partial charge is 0.299 e. The van der Waals surface area contributed by atoms with Crippen LogP contribution in [0.25, 0.3) is 5.83 Å². The Bertz CT molecular complexity index is 1240. The van der Waals surface area contributed by atoms with Gasteiger partial charge in [-0.15, -0.1) is 0 Å². The summed E-state index contributed by atoms with van der Waals surface area (Å²) in [4.78, 5) is 24.0. The predicted molar refractivity (Wildman–Crippen MR) is 119 cm³/mol. The quantitative estimate of drug-likeness (QED) is 0.214. The second-order valence-corrected chi connectivity index (χ2v) is 9.14. The second-order valence-electron chi connectivity index (χ2n) is 8.73. The number of hydrogen-bond acceptors (Lipinski definition) is 2. The highest BCUT2D eigenvalue weighted by Gasteiger charge is 2.41. The number of hydrogen-bond donors (Lipinski definition) is 0. The molecule has 0 saturated heterocycles. The van der Waals surface area contributed by atoms with Gasteiger partial charge in [-0.2, -0.15) is 39.5 Å². The highest BCUT2D eigenvalue weighted by molar-refractivity contribution is 6.30. The Morgan fingerprint density at radius 2 is 1.54 bits per heavy atom. The summed E-state index contributed by atoms with van der Waals surface area (Å²) in [6.45, 7) is 1.18. The molecular weight excluding hydrogens is 577 g/mol. The summed E-state index contributed by atoms with van der Waals surface area (Å²) in [7, 11) is 0. The molecule has 0 amide bonds. The lowest BCUT2D eigenvalue weighted by molar-refractivity contribution is -0.152. The zero-order valence-corrected chi connectivity index (χ0v) is 20.4. The minimum absolute atomic E-state index is 0.0329. The van der Waals surface area contributed by atoms with E-state index < -0.39 is 100 Å². The van der Waals surface area contributed by atoms with E-state index in [1.54, 1.807) is 0 Å². The van der Waals surface area contributed by atoms with Gasteiger partial charge in [-0.05, 0) is 35.8 Å². The van der Waals surface area contributed by atoms with Gasteiger partial charge >= 0.3 is 18.5 Å². The first-order valence-electron chi connectivity index (χ1n) is 10.9. The first-order chi connectivity index (χ1) is 17.7. The maximum Gasteiger partial charge on any atom is 0.417 e. The van der Waals surface area contributed by atoms with E-state index >= 15 is 0 Å². The standard InChI is InChI=1S/C25H18ClF11O2/c1-12(6-15(38)11-23(29,30)31)7-22(39)16-4-2-14(8-18(16)25(35,36)37)21(28)10-17(24(32,33)34)13-3-5-20(27)19(26)9-13/h2-5,8-10,12,17H,6-7,11H2,1H3/b21-10-/t12-,17?/m1/s1. The van der Waals surface area contributed by atoms with Crippen molar-refractivity contribution in [2.24, 2.45) is 5.92 Å². The summed E-state index contributed by atoms with van der Waals surface area (Å²) < 4.78 is 147. The molecule has 0 saturated carbocycles. The number of benzene rings is 2. The zero-order chi connectivity index (χ0) is 29.9. The number of allylic oxidation sites excluding steroid dienone is 1. The summed E-state index contributed by atoms with van der Waals surface area (Å²) in [5.74, 6) is -9.09. The van der Waals surface area contributed by atoms with Gasteiger partial charge in [-0.3, -0.25) is 9.59 Å². The average Bonchev–Trinajstić information content (AvgIpc) is 2.76. The van der Waals surface area contributed by atoms with Gasteiger partial charge in [0, 0.05) is 24.0 Å². The minimum Gasteiger partial charge on any atom is -0.299 e. The fourth-order valence-electron chi connectivity index (χ4n) is 3.68. The van der Waals surface area contributed by atoms with Crippen molar-refractivity contribution >= 4 is 29.0 Å². The molecule has 2 aromatic carbocycles. The van der Waals surface area contributed by atoms with Gasteiger partial charge in [0.25, 0.3) is 0 Å². The molecule has 0 bridgehead atoms. The van der Waals surface area contributed by atoms with E-state index in [-0.39, 0.29) is 12.1 Å². The molecule has 0 aliphatic heterocycles. The Balaban J connectivity index is 2.40. The lowest BCUT2D eigenvalue weighted by atomic mass is 9.91. The van der Waals surface area contributed by atoms with Gasteiger partial charge in [0.2, 0.25) is 0 Å². The molecule has 214 valence electrons. The summed E-state index contributed by atoms with van der Waals surface area (Å²) in [6.07, 6.45) is -18.5. The van der Waals surface area contributed by atoms with Crippen LogP contribution in [-0.2, 0) is 11.0 Å². The molecule has 1 unspecified atom stereocenters. The average molecular weight is 595 g/mol. The molecule has 0 aliphatic carbocycles. The van der Waals surface area contributed by atoms with Crippen LogP contribution in [-0.4, -0.2) is 23.9 Å². The highest BCUT2D eigenvalue weighted by Crippen LogP contribution is 2.41. The van der Waals surface area contributed by atoms with E-state index in [1.807, 2.05) is 0 Å². The van der Waals surface area contributed by atoms with Crippen molar-refractivity contribution in [3.63, 3.8) is 0 Å². The van der Waals surface area contributed by atoms with E-state index in [4.69, 9.17) is 11.6 Å². The van der Waals surface area contributed by atoms with Crippen LogP contribution < -0.4 is 0 Å². The molecule has 2 aromatic rings. The van der Waals surface area contributed by atoms with E-state index in [2.05, 4.69) is 0 Å². The Labute approximate surface area is 219 Å². The molecule has 14 heteroatoms. The molecule has 2 rings (SSSR count). The number of rotatable bonds is 9. The number of carbonyl (C=O) groups excluding carboxylic acids is 2. The predicted octanol–water partition coefficient (Wildman–Crippen LogP) is 9.27. The van der Waals surface area contributed by atoms with Crippen molar-refractivity contribution in [3.8, 4) is 0 Å². The molecule has 0 spiro atoms. The molecule has 2 atom stereocenters. The molecule has 0 N–H and O–H groups in total. The second kappa shape index (κ2) is 12.1. The highest BCUT2D eigenvalue weighted by atomic mass is 35.5. The monoisotopic (exact) mass is 594 g/mol. The van der Waals surface area contributed by atoms with Crippen LogP contribution in [0, 0.1) is 11.7 Å². The van der Waals surface area contributed by atoms with Gasteiger partial charge in [-0.1, -0.05) is 36.7 Å². The zero-order valence-electron chi connectivity index (χ0n) is 19.7. The van der Waals surface area contributed by atoms with Crippen LogP contribution in [0.4, 0.5) is 48.3 Å². The Kier molecular flexibility index (Phi) is 9.97. The van der Waals surface area contributed by atoms with Crippen LogP contribution in [0.1, 0.15) is 59.2 Å². The van der Waals surface area contributed by atoms with Gasteiger partial charge in [0.15, 0.2) is 5.78 Å². The Hall–Kier alpha value is -2.96. The van der Waals surface area contributed by atoms with Crippen molar-refractivity contribution in [3.05, 3.63) is 75.6 Å². The topological polar surface area (TPSA) is 34.1 Å². The van der Waals surface area contributed by atoms with Gasteiger partial charge in [0.05, 0.1) is 10.6 Å². The van der Waals surface area contributed by atoms with Crippen LogP contribution in [0.2, 0.25) is 5.02 Å². The Morgan fingerprint density at radius 3 is 2.05 bits per heavy atom. The number of alkyl halides is 9. The lowest BCUT2D eigenvalue weighted by Crippen LogP contribution is -2.20. The molecular formula is C25H18ClF11O2. The summed E-state index contributed by atoms with van der Waals surface area (Å²) in [6, 6.07) is 3.12. The van der Waals surface area contributed by atoms with Crippen molar-refractivity contribution in [1.29, 1.82) is 0 Å². The third-order valence-corrected chi connectivity index (χ3v) is 5.67. The normalized spacial score (nSPS) is 14.7. The van der Waals surface area contributed by atoms with Crippen molar-refractivity contribution in [2.75, 3.05) is 0 Å². The van der Waals surface area contributed by atoms with Gasteiger partial charge in [0.1, 0.15) is 29.8 Å². The van der Waals surface area contributed by atoms with E-state index in [1.165, 1.54) is 6.92 Å². The fraction of sp³-hybridized carbons (Fsp3) is 0.360. The van der Waals surface area contributed by atoms with E-state index in [9.17, 15) is 57.9 Å². The third-order valence-electron chi connectivity index (χ3n) is 5.38. The summed E-state index contributed by atoms with van der Waals surface area (Å²) >= 11 is 5.49. The molecule has 0 heterocycles. The van der Waals surface area contributed by atoms with Gasteiger partial charge in [-0.25, -0.2) is 8.78 Å². The number of Topliss-reactive ketones (excluding diaryl/α,β-unsaturated/α-hetero) is 2. The number of ketones is 2. The largest absolute Gasteiger partial charge is 0.417 e. The molecule has 39 heavy (non-hydrogen) atoms. The maximum absolute atomic E-state index is 14.8. The Morgan fingerprint density at radius 1 is 0.923 bits per heavy atom. The van der Waals surface area contributed by atoms with Crippen molar-refractivity contribution < 1.29 is 57.9 Å². The summed E-state index contributed by atoms with van der Waals surface area (Å²) in [5.41, 5.74) is -4.36. The van der Waals surface area contributed by atoms with Crippen molar-refractivity contribution in [1.82, 2.24) is 0 Å². The summed E-state index contributed by atoms with van der Waals surface area (Å²) in [5, 5.41) is -0.702. The van der Waals surface area contributed by atoms with Crippen molar-refractivity contribution in [2.45, 2.75) is 50.6 Å².